The van der Waals surface area contributed by atoms with Crippen molar-refractivity contribution in [3.63, 3.8) is 0 Å². The second kappa shape index (κ2) is 7.17. The van der Waals surface area contributed by atoms with Crippen LogP contribution in [0.25, 0.3) is 0 Å². The summed E-state index contributed by atoms with van der Waals surface area (Å²) in [6.07, 6.45) is 0.161. The quantitative estimate of drug-likeness (QED) is 0.679. The molecule has 1 amide bonds. The smallest absolute Gasteiger partial charge is 0.407 e. The standard InChI is InChI=1S/C9H17NO4/c1-4-6-14-9(12)10-7(3)8(11)13-5-2/h7H,4-6H2,1-3H3,(H,10,12)/t7-/m0/s1. The van der Waals surface area contributed by atoms with E-state index in [4.69, 9.17) is 9.47 Å². The molecule has 5 nitrogen and oxygen atoms in total. The van der Waals surface area contributed by atoms with Gasteiger partial charge >= 0.3 is 12.1 Å². The molecule has 0 aromatic carbocycles. The number of nitrogens with one attached hydrogen (secondary N) is 1. The van der Waals surface area contributed by atoms with Crippen molar-refractivity contribution < 1.29 is 19.1 Å². The number of carbonyl (C=O) groups excluding carboxylic acids is 2. The van der Waals surface area contributed by atoms with Gasteiger partial charge in [0.15, 0.2) is 0 Å². The predicted octanol–water partition coefficient (Wildman–Crippen LogP) is 1.07. The number of carbonyl (C=O) groups is 2. The van der Waals surface area contributed by atoms with Gasteiger partial charge in [-0.2, -0.15) is 0 Å². The Labute approximate surface area is 83.8 Å². The molecule has 0 spiro atoms. The van der Waals surface area contributed by atoms with Crippen LogP contribution in [-0.4, -0.2) is 31.3 Å². The first kappa shape index (κ1) is 12.7. The summed E-state index contributed by atoms with van der Waals surface area (Å²) >= 11 is 0. The molecular weight excluding hydrogens is 186 g/mol. The van der Waals surface area contributed by atoms with Gasteiger partial charge < -0.3 is 14.8 Å². The van der Waals surface area contributed by atoms with E-state index in [0.717, 1.165) is 6.42 Å². The fraction of sp³-hybridized carbons (Fsp3) is 0.778. The van der Waals surface area contributed by atoms with E-state index in [1.807, 2.05) is 6.92 Å². The summed E-state index contributed by atoms with van der Waals surface area (Å²) < 4.78 is 9.43. The summed E-state index contributed by atoms with van der Waals surface area (Å²) in [7, 11) is 0. The average molecular weight is 203 g/mol. The Bertz CT molecular complexity index is 193. The van der Waals surface area contributed by atoms with E-state index in [9.17, 15) is 9.59 Å². The molecule has 5 heteroatoms. The monoisotopic (exact) mass is 203 g/mol. The van der Waals surface area contributed by atoms with Crippen LogP contribution in [0.2, 0.25) is 0 Å². The van der Waals surface area contributed by atoms with E-state index in [0.29, 0.717) is 13.2 Å². The molecule has 0 radical (unpaired) electrons. The second-order valence-corrected chi connectivity index (χ2v) is 2.75. The van der Waals surface area contributed by atoms with Crippen molar-refractivity contribution in [3.05, 3.63) is 0 Å². The third-order valence-electron chi connectivity index (χ3n) is 1.41. The molecule has 0 fully saturated rings. The van der Waals surface area contributed by atoms with Gasteiger partial charge in [0.25, 0.3) is 0 Å². The molecule has 0 aliphatic carbocycles. The average Bonchev–Trinajstić information content (AvgIpc) is 2.15. The Morgan fingerprint density at radius 1 is 1.29 bits per heavy atom. The summed E-state index contributed by atoms with van der Waals surface area (Å²) in [6.45, 7) is 5.80. The topological polar surface area (TPSA) is 64.6 Å². The van der Waals surface area contributed by atoms with E-state index >= 15 is 0 Å². The first-order chi connectivity index (χ1) is 6.61. The van der Waals surface area contributed by atoms with Gasteiger partial charge in [-0.3, -0.25) is 0 Å². The summed E-state index contributed by atoms with van der Waals surface area (Å²) in [6, 6.07) is -0.667. The van der Waals surface area contributed by atoms with Crippen molar-refractivity contribution >= 4 is 12.1 Å². The molecule has 1 atom stereocenters. The molecule has 0 bridgehead atoms. The molecule has 0 heterocycles. The van der Waals surface area contributed by atoms with Crippen LogP contribution in [-0.2, 0) is 14.3 Å². The second-order valence-electron chi connectivity index (χ2n) is 2.75. The third-order valence-corrected chi connectivity index (χ3v) is 1.41. The number of alkyl carbamates (subject to hydrolysis) is 1. The molecular formula is C9H17NO4. The van der Waals surface area contributed by atoms with E-state index in [1.165, 1.54) is 0 Å². The largest absolute Gasteiger partial charge is 0.464 e. The van der Waals surface area contributed by atoms with E-state index in [1.54, 1.807) is 13.8 Å². The Hall–Kier alpha value is -1.26. The van der Waals surface area contributed by atoms with Crippen LogP contribution in [0.3, 0.4) is 0 Å². The van der Waals surface area contributed by atoms with Crippen molar-refractivity contribution in [3.8, 4) is 0 Å². The van der Waals surface area contributed by atoms with Crippen molar-refractivity contribution in [1.82, 2.24) is 5.32 Å². The van der Waals surface area contributed by atoms with Gasteiger partial charge in [0.05, 0.1) is 13.2 Å². The van der Waals surface area contributed by atoms with Crippen molar-refractivity contribution in [2.45, 2.75) is 33.2 Å². The maximum absolute atomic E-state index is 11.1. The van der Waals surface area contributed by atoms with Crippen molar-refractivity contribution in [2.75, 3.05) is 13.2 Å². The van der Waals surface area contributed by atoms with Gasteiger partial charge in [-0.25, -0.2) is 9.59 Å². The maximum Gasteiger partial charge on any atom is 0.407 e. The number of ether oxygens (including phenoxy) is 2. The van der Waals surface area contributed by atoms with Crippen LogP contribution in [0, 0.1) is 0 Å². The highest BCUT2D eigenvalue weighted by molar-refractivity contribution is 5.80. The summed E-state index contributed by atoms with van der Waals surface area (Å²) in [4.78, 5) is 22.0. The highest BCUT2D eigenvalue weighted by atomic mass is 16.6. The molecule has 0 unspecified atom stereocenters. The van der Waals surface area contributed by atoms with Gasteiger partial charge in [0.2, 0.25) is 0 Å². The molecule has 1 N–H and O–H groups in total. The summed E-state index contributed by atoms with van der Waals surface area (Å²) in [5, 5.41) is 2.36. The zero-order valence-electron chi connectivity index (χ0n) is 8.83. The number of hydrogen-bond acceptors (Lipinski definition) is 4. The van der Waals surface area contributed by atoms with Gasteiger partial charge in [-0.1, -0.05) is 6.92 Å². The van der Waals surface area contributed by atoms with Crippen LogP contribution in [0.1, 0.15) is 27.2 Å². The minimum Gasteiger partial charge on any atom is -0.464 e. The van der Waals surface area contributed by atoms with Gasteiger partial charge in [0.1, 0.15) is 6.04 Å². The Kier molecular flexibility index (Phi) is 6.53. The predicted molar refractivity (Wildman–Crippen MR) is 50.9 cm³/mol. The van der Waals surface area contributed by atoms with Gasteiger partial charge in [-0.15, -0.1) is 0 Å². The first-order valence-corrected chi connectivity index (χ1v) is 4.71. The molecule has 82 valence electrons. The highest BCUT2D eigenvalue weighted by Gasteiger charge is 2.16. The summed E-state index contributed by atoms with van der Waals surface area (Å²) in [5.41, 5.74) is 0. The Balaban J connectivity index is 3.75. The van der Waals surface area contributed by atoms with E-state index in [2.05, 4.69) is 5.32 Å². The van der Waals surface area contributed by atoms with Crippen molar-refractivity contribution in [2.24, 2.45) is 0 Å². The first-order valence-electron chi connectivity index (χ1n) is 4.71. The normalized spacial score (nSPS) is 11.6. The minimum absolute atomic E-state index is 0.300. The highest BCUT2D eigenvalue weighted by Crippen LogP contribution is 1.90. The molecule has 14 heavy (non-hydrogen) atoms. The zero-order chi connectivity index (χ0) is 11.0. The molecule has 0 saturated heterocycles. The lowest BCUT2D eigenvalue weighted by atomic mass is 10.3. The van der Waals surface area contributed by atoms with E-state index < -0.39 is 18.1 Å². The molecule has 0 aromatic rings. The molecule has 0 aromatic heterocycles. The number of hydrogen-bond donors (Lipinski definition) is 1. The van der Waals surface area contributed by atoms with Crippen LogP contribution in [0.4, 0.5) is 4.79 Å². The van der Waals surface area contributed by atoms with Crippen LogP contribution >= 0.6 is 0 Å². The van der Waals surface area contributed by atoms with Crippen LogP contribution in [0.15, 0.2) is 0 Å². The fourth-order valence-electron chi connectivity index (χ4n) is 0.739. The zero-order valence-corrected chi connectivity index (χ0v) is 8.83. The number of rotatable bonds is 5. The SMILES string of the molecule is CCCOC(=O)N[C@@H](C)C(=O)OCC. The number of amides is 1. The Morgan fingerprint density at radius 2 is 1.93 bits per heavy atom. The molecule has 0 saturated carbocycles. The lowest BCUT2D eigenvalue weighted by Gasteiger charge is -2.12. The molecule has 0 aliphatic heterocycles. The van der Waals surface area contributed by atoms with Crippen molar-refractivity contribution in [1.29, 1.82) is 0 Å². The lowest BCUT2D eigenvalue weighted by molar-refractivity contribution is -0.145. The lowest BCUT2D eigenvalue weighted by Crippen LogP contribution is -2.39. The van der Waals surface area contributed by atoms with E-state index in [-0.39, 0.29) is 0 Å². The minimum atomic E-state index is -0.667. The molecule has 0 rings (SSSR count). The molecule has 0 aliphatic rings. The fourth-order valence-corrected chi connectivity index (χ4v) is 0.739. The Morgan fingerprint density at radius 3 is 2.43 bits per heavy atom. The third kappa shape index (κ3) is 5.40. The van der Waals surface area contributed by atoms with Crippen LogP contribution in [0.5, 0.6) is 0 Å². The van der Waals surface area contributed by atoms with Gasteiger partial charge in [0, 0.05) is 0 Å². The van der Waals surface area contributed by atoms with Gasteiger partial charge in [-0.05, 0) is 20.3 Å². The number of esters is 1. The summed E-state index contributed by atoms with van der Waals surface area (Å²) in [5.74, 6) is -0.457. The van der Waals surface area contributed by atoms with Crippen LogP contribution < -0.4 is 5.32 Å². The maximum atomic E-state index is 11.1.